The van der Waals surface area contributed by atoms with Crippen molar-refractivity contribution in [3.05, 3.63) is 60.2 Å². The molecule has 0 saturated carbocycles. The molecule has 5 heteroatoms. The number of methoxy groups -OCH3 is 1. The zero-order chi connectivity index (χ0) is 17.1. The summed E-state index contributed by atoms with van der Waals surface area (Å²) in [5.74, 6) is 0.156. The molecule has 0 radical (unpaired) electrons. The Hall–Kier alpha value is -2.82. The van der Waals surface area contributed by atoms with E-state index in [4.69, 9.17) is 4.74 Å². The molecule has 1 aliphatic heterocycles. The quantitative estimate of drug-likeness (QED) is 0.941. The summed E-state index contributed by atoms with van der Waals surface area (Å²) >= 11 is 0. The lowest BCUT2D eigenvalue weighted by Crippen LogP contribution is -2.29. The maximum absolute atomic E-state index is 12.7. The van der Waals surface area contributed by atoms with Gasteiger partial charge in [0.25, 0.3) is 0 Å². The number of ether oxygens (including phenoxy) is 1. The van der Waals surface area contributed by atoms with Crippen LogP contribution in [0.5, 0.6) is 5.75 Å². The Morgan fingerprint density at radius 3 is 2.42 bits per heavy atom. The average molecular weight is 324 g/mol. The molecule has 0 unspecified atom stereocenters. The minimum atomic E-state index is -0.410. The van der Waals surface area contributed by atoms with E-state index in [1.54, 1.807) is 43.3 Å². The smallest absolute Gasteiger partial charge is 0.230 e. The van der Waals surface area contributed by atoms with Crippen LogP contribution in [0.3, 0.4) is 0 Å². The first-order valence-corrected chi connectivity index (χ1v) is 7.85. The van der Waals surface area contributed by atoms with Crippen molar-refractivity contribution in [2.24, 2.45) is 5.92 Å². The molecule has 1 fully saturated rings. The van der Waals surface area contributed by atoms with E-state index >= 15 is 0 Å². The van der Waals surface area contributed by atoms with Crippen LogP contribution in [-0.2, 0) is 9.59 Å². The van der Waals surface area contributed by atoms with Crippen LogP contribution in [0.25, 0.3) is 0 Å². The molecule has 0 aromatic heterocycles. The van der Waals surface area contributed by atoms with Crippen LogP contribution in [-0.4, -0.2) is 30.9 Å². The predicted octanol–water partition coefficient (Wildman–Crippen LogP) is 2.85. The van der Waals surface area contributed by atoms with Crippen molar-refractivity contribution >= 4 is 17.5 Å². The monoisotopic (exact) mass is 324 g/mol. The fourth-order valence-corrected chi connectivity index (χ4v) is 3.12. The van der Waals surface area contributed by atoms with Gasteiger partial charge in [-0.05, 0) is 29.8 Å². The van der Waals surface area contributed by atoms with E-state index in [0.29, 0.717) is 5.69 Å². The number of nitrogens with one attached hydrogen (secondary N) is 1. The van der Waals surface area contributed by atoms with E-state index in [2.05, 4.69) is 5.32 Å². The molecule has 5 nitrogen and oxygen atoms in total. The molecule has 0 aliphatic carbocycles. The number of benzene rings is 2. The Labute approximate surface area is 141 Å². The second kappa shape index (κ2) is 6.74. The van der Waals surface area contributed by atoms with E-state index in [-0.39, 0.29) is 24.3 Å². The van der Waals surface area contributed by atoms with Gasteiger partial charge < -0.3 is 15.0 Å². The summed E-state index contributed by atoms with van der Waals surface area (Å²) in [6.45, 7) is 0. The van der Waals surface area contributed by atoms with Gasteiger partial charge >= 0.3 is 0 Å². The summed E-state index contributed by atoms with van der Waals surface area (Å²) in [6.07, 6.45) is 0.220. The van der Waals surface area contributed by atoms with E-state index in [1.165, 1.54) is 0 Å². The highest BCUT2D eigenvalue weighted by Gasteiger charge is 2.42. The summed E-state index contributed by atoms with van der Waals surface area (Å²) in [5.41, 5.74) is 1.66. The topological polar surface area (TPSA) is 58.6 Å². The van der Waals surface area contributed by atoms with Gasteiger partial charge in [-0.3, -0.25) is 9.59 Å². The van der Waals surface area contributed by atoms with Gasteiger partial charge in [0.1, 0.15) is 5.75 Å². The fraction of sp³-hybridized carbons (Fsp3) is 0.263. The summed E-state index contributed by atoms with van der Waals surface area (Å²) < 4.78 is 5.11. The molecular weight excluding hydrogens is 304 g/mol. The number of hydrogen-bond acceptors (Lipinski definition) is 3. The van der Waals surface area contributed by atoms with Crippen LogP contribution < -0.4 is 10.1 Å². The van der Waals surface area contributed by atoms with Crippen LogP contribution in [0, 0.1) is 5.92 Å². The van der Waals surface area contributed by atoms with Gasteiger partial charge in [0, 0.05) is 19.2 Å². The molecule has 24 heavy (non-hydrogen) atoms. The van der Waals surface area contributed by atoms with Gasteiger partial charge in [0.15, 0.2) is 0 Å². The summed E-state index contributed by atoms with van der Waals surface area (Å²) in [7, 11) is 3.35. The van der Waals surface area contributed by atoms with E-state index in [9.17, 15) is 9.59 Å². The first kappa shape index (κ1) is 16.1. The number of hydrogen-bond donors (Lipinski definition) is 1. The number of carbonyl (C=O) groups excluding carboxylic acids is 2. The maximum Gasteiger partial charge on any atom is 0.230 e. The Bertz CT molecular complexity index is 728. The highest BCUT2D eigenvalue weighted by molar-refractivity contribution is 5.97. The number of carbonyl (C=O) groups is 2. The molecule has 0 spiro atoms. The van der Waals surface area contributed by atoms with Gasteiger partial charge in [-0.25, -0.2) is 0 Å². The normalized spacial score (nSPS) is 20.1. The second-order valence-electron chi connectivity index (χ2n) is 5.89. The summed E-state index contributed by atoms with van der Waals surface area (Å²) in [4.78, 5) is 26.5. The van der Waals surface area contributed by atoms with Crippen molar-refractivity contribution in [3.63, 3.8) is 0 Å². The summed E-state index contributed by atoms with van der Waals surface area (Å²) in [5, 5.41) is 2.90. The van der Waals surface area contributed by atoms with Crippen LogP contribution in [0.1, 0.15) is 18.0 Å². The highest BCUT2D eigenvalue weighted by atomic mass is 16.5. The standard InChI is InChI=1S/C19H20N2O3/c1-21-17(22)12-16(18(21)13-6-4-3-5-7-13)19(23)20-14-8-10-15(24-2)11-9-14/h3-11,16,18H,12H2,1-2H3,(H,20,23)/t16-,18+/m1/s1. The number of rotatable bonds is 4. The first-order valence-electron chi connectivity index (χ1n) is 7.85. The third-order valence-electron chi connectivity index (χ3n) is 4.42. The van der Waals surface area contributed by atoms with Gasteiger partial charge in [-0.1, -0.05) is 30.3 Å². The Balaban J connectivity index is 1.80. The zero-order valence-corrected chi connectivity index (χ0v) is 13.7. The highest BCUT2D eigenvalue weighted by Crippen LogP contribution is 2.37. The van der Waals surface area contributed by atoms with E-state index in [1.807, 2.05) is 30.3 Å². The van der Waals surface area contributed by atoms with Gasteiger partial charge in [-0.2, -0.15) is 0 Å². The van der Waals surface area contributed by atoms with Gasteiger partial charge in [0.2, 0.25) is 11.8 Å². The predicted molar refractivity (Wildman–Crippen MR) is 91.7 cm³/mol. The van der Waals surface area contributed by atoms with Crippen LogP contribution in [0.15, 0.2) is 54.6 Å². The minimum Gasteiger partial charge on any atom is -0.497 e. The van der Waals surface area contributed by atoms with Crippen molar-refractivity contribution in [2.75, 3.05) is 19.5 Å². The summed E-state index contributed by atoms with van der Waals surface area (Å²) in [6, 6.07) is 16.6. The molecule has 2 atom stereocenters. The van der Waals surface area contributed by atoms with Crippen molar-refractivity contribution in [1.29, 1.82) is 0 Å². The molecular formula is C19H20N2O3. The Kier molecular flexibility index (Phi) is 4.51. The molecule has 2 aromatic carbocycles. The lowest BCUT2D eigenvalue weighted by molar-refractivity contribution is -0.127. The molecule has 1 heterocycles. The molecule has 2 amide bonds. The number of amides is 2. The molecule has 1 N–H and O–H groups in total. The van der Waals surface area contributed by atoms with Crippen molar-refractivity contribution < 1.29 is 14.3 Å². The maximum atomic E-state index is 12.7. The fourth-order valence-electron chi connectivity index (χ4n) is 3.12. The third-order valence-corrected chi connectivity index (χ3v) is 4.42. The van der Waals surface area contributed by atoms with Gasteiger partial charge in [0.05, 0.1) is 19.1 Å². The SMILES string of the molecule is COc1ccc(NC(=O)[C@@H]2CC(=O)N(C)[C@H]2c2ccccc2)cc1. The average Bonchev–Trinajstić information content (AvgIpc) is 2.91. The number of likely N-dealkylation sites (tertiary alicyclic amines) is 1. The Morgan fingerprint density at radius 1 is 1.12 bits per heavy atom. The van der Waals surface area contributed by atoms with Crippen LogP contribution in [0.4, 0.5) is 5.69 Å². The van der Waals surface area contributed by atoms with Crippen molar-refractivity contribution in [2.45, 2.75) is 12.5 Å². The first-order chi connectivity index (χ1) is 11.6. The molecule has 1 aliphatic rings. The molecule has 1 saturated heterocycles. The Morgan fingerprint density at radius 2 is 1.79 bits per heavy atom. The van der Waals surface area contributed by atoms with Crippen molar-refractivity contribution in [1.82, 2.24) is 4.90 Å². The number of nitrogens with zero attached hydrogens (tertiary/aromatic N) is 1. The lowest BCUT2D eigenvalue weighted by atomic mass is 9.93. The molecule has 2 aromatic rings. The second-order valence-corrected chi connectivity index (χ2v) is 5.89. The van der Waals surface area contributed by atoms with E-state index in [0.717, 1.165) is 11.3 Å². The third kappa shape index (κ3) is 3.11. The lowest BCUT2D eigenvalue weighted by Gasteiger charge is -2.25. The largest absolute Gasteiger partial charge is 0.497 e. The number of anilines is 1. The zero-order valence-electron chi connectivity index (χ0n) is 13.7. The van der Waals surface area contributed by atoms with Gasteiger partial charge in [-0.15, -0.1) is 0 Å². The van der Waals surface area contributed by atoms with Crippen molar-refractivity contribution in [3.8, 4) is 5.75 Å². The van der Waals surface area contributed by atoms with Crippen LogP contribution in [0.2, 0.25) is 0 Å². The molecule has 3 rings (SSSR count). The molecule has 0 bridgehead atoms. The van der Waals surface area contributed by atoms with Crippen LogP contribution >= 0.6 is 0 Å². The molecule has 124 valence electrons. The van der Waals surface area contributed by atoms with E-state index < -0.39 is 5.92 Å². The minimum absolute atomic E-state index is 0.0151.